The van der Waals surface area contributed by atoms with E-state index in [1.807, 2.05) is 42.5 Å². The maximum absolute atomic E-state index is 6.10. The standard InChI is InChI=1S/C27H32ClN3O2/c1-31(2)27(22-11-13-23(28)14-12-22)21-9-4-19(5-10-21)8-17-26-29-25(30-33-26)18-20-6-15-24(32-3)16-7-20/h6-8,11-17,19,21,27H,4-5,9-10,18H2,1-3H3/b17-8+. The molecule has 1 aliphatic carbocycles. The zero-order valence-corrected chi connectivity index (χ0v) is 20.3. The summed E-state index contributed by atoms with van der Waals surface area (Å²) in [7, 11) is 6.01. The molecule has 0 N–H and O–H groups in total. The highest BCUT2D eigenvalue weighted by Crippen LogP contribution is 2.40. The van der Waals surface area contributed by atoms with Crippen LogP contribution in [0.25, 0.3) is 6.08 Å². The van der Waals surface area contributed by atoms with Crippen LogP contribution in [0.15, 0.2) is 59.1 Å². The molecule has 1 unspecified atom stereocenters. The third-order valence-electron chi connectivity index (χ3n) is 6.55. The van der Waals surface area contributed by atoms with E-state index in [1.54, 1.807) is 7.11 Å². The number of rotatable bonds is 8. The van der Waals surface area contributed by atoms with Crippen LogP contribution in [0.3, 0.4) is 0 Å². The Morgan fingerprint density at radius 3 is 2.39 bits per heavy atom. The van der Waals surface area contributed by atoms with E-state index in [1.165, 1.54) is 31.2 Å². The minimum Gasteiger partial charge on any atom is -0.497 e. The lowest BCUT2D eigenvalue weighted by molar-refractivity contribution is 0.159. The third-order valence-corrected chi connectivity index (χ3v) is 6.80. The van der Waals surface area contributed by atoms with E-state index in [9.17, 15) is 0 Å². The molecule has 6 heteroatoms. The summed E-state index contributed by atoms with van der Waals surface area (Å²) in [5.74, 6) is 3.31. The smallest absolute Gasteiger partial charge is 0.250 e. The van der Waals surface area contributed by atoms with E-state index >= 15 is 0 Å². The van der Waals surface area contributed by atoms with Gasteiger partial charge in [0.05, 0.1) is 7.11 Å². The molecule has 1 heterocycles. The zero-order valence-electron chi connectivity index (χ0n) is 19.6. The van der Waals surface area contributed by atoms with Crippen molar-refractivity contribution in [1.82, 2.24) is 15.0 Å². The largest absolute Gasteiger partial charge is 0.497 e. The number of allylic oxidation sites excluding steroid dienone is 1. The van der Waals surface area contributed by atoms with Gasteiger partial charge in [0.25, 0.3) is 0 Å². The van der Waals surface area contributed by atoms with Gasteiger partial charge in [-0.25, -0.2) is 0 Å². The van der Waals surface area contributed by atoms with E-state index in [4.69, 9.17) is 20.9 Å². The summed E-state index contributed by atoms with van der Waals surface area (Å²) >= 11 is 6.10. The lowest BCUT2D eigenvalue weighted by atomic mass is 9.76. The van der Waals surface area contributed by atoms with Crippen LogP contribution >= 0.6 is 11.6 Å². The van der Waals surface area contributed by atoms with E-state index in [0.29, 0.717) is 36.0 Å². The number of benzene rings is 2. The van der Waals surface area contributed by atoms with Crippen molar-refractivity contribution >= 4 is 17.7 Å². The molecule has 1 aromatic heterocycles. The molecule has 0 radical (unpaired) electrons. The summed E-state index contributed by atoms with van der Waals surface area (Å²) in [6, 6.07) is 16.7. The molecule has 5 nitrogen and oxygen atoms in total. The summed E-state index contributed by atoms with van der Waals surface area (Å²) in [5.41, 5.74) is 2.47. The molecule has 0 amide bonds. The first-order valence-electron chi connectivity index (χ1n) is 11.6. The molecule has 2 aromatic carbocycles. The Hall–Kier alpha value is -2.63. The topological polar surface area (TPSA) is 51.4 Å². The number of nitrogens with zero attached hydrogens (tertiary/aromatic N) is 3. The predicted molar refractivity (Wildman–Crippen MR) is 132 cm³/mol. The number of halogens is 1. The van der Waals surface area contributed by atoms with Crippen LogP contribution in [0, 0.1) is 11.8 Å². The highest BCUT2D eigenvalue weighted by molar-refractivity contribution is 6.30. The molecule has 33 heavy (non-hydrogen) atoms. The van der Waals surface area contributed by atoms with Crippen molar-refractivity contribution in [2.24, 2.45) is 11.8 Å². The van der Waals surface area contributed by atoms with Gasteiger partial charge in [-0.05, 0) is 93.1 Å². The molecule has 0 aliphatic heterocycles. The monoisotopic (exact) mass is 465 g/mol. The van der Waals surface area contributed by atoms with Crippen molar-refractivity contribution in [1.29, 1.82) is 0 Å². The maximum Gasteiger partial charge on any atom is 0.250 e. The number of hydrogen-bond donors (Lipinski definition) is 0. The van der Waals surface area contributed by atoms with Crippen molar-refractivity contribution in [3.05, 3.63) is 82.5 Å². The van der Waals surface area contributed by atoms with Gasteiger partial charge in [-0.15, -0.1) is 0 Å². The summed E-state index contributed by atoms with van der Waals surface area (Å²) in [5, 5.41) is 4.92. The number of aromatic nitrogens is 2. The molecule has 1 aliphatic rings. The van der Waals surface area contributed by atoms with Crippen LogP contribution in [-0.2, 0) is 6.42 Å². The summed E-state index contributed by atoms with van der Waals surface area (Å²) < 4.78 is 10.6. The third kappa shape index (κ3) is 6.24. The molecule has 0 bridgehead atoms. The van der Waals surface area contributed by atoms with Crippen molar-refractivity contribution in [2.75, 3.05) is 21.2 Å². The molecule has 0 saturated heterocycles. The van der Waals surface area contributed by atoms with Gasteiger partial charge >= 0.3 is 0 Å². The van der Waals surface area contributed by atoms with Crippen LogP contribution in [0.5, 0.6) is 5.75 Å². The predicted octanol–water partition coefficient (Wildman–Crippen LogP) is 6.44. The molecule has 1 atom stereocenters. The molecule has 1 fully saturated rings. The lowest BCUT2D eigenvalue weighted by Gasteiger charge is -2.37. The van der Waals surface area contributed by atoms with E-state index in [0.717, 1.165) is 16.3 Å². The number of methoxy groups -OCH3 is 1. The van der Waals surface area contributed by atoms with E-state index < -0.39 is 0 Å². The summed E-state index contributed by atoms with van der Waals surface area (Å²) in [6.45, 7) is 0. The second-order valence-corrected chi connectivity index (χ2v) is 9.50. The van der Waals surface area contributed by atoms with Crippen LogP contribution in [0.4, 0.5) is 0 Å². The Balaban J connectivity index is 1.31. The normalized spacial score (nSPS) is 19.8. The first-order valence-corrected chi connectivity index (χ1v) is 11.9. The van der Waals surface area contributed by atoms with Crippen molar-refractivity contribution < 1.29 is 9.26 Å². The van der Waals surface area contributed by atoms with Gasteiger partial charge in [0.2, 0.25) is 5.89 Å². The fraction of sp³-hybridized carbons (Fsp3) is 0.407. The van der Waals surface area contributed by atoms with E-state index in [2.05, 4.69) is 47.3 Å². The molecule has 0 spiro atoms. The first-order chi connectivity index (χ1) is 16.0. The SMILES string of the molecule is COc1ccc(Cc2noc(/C=C/C3CCC(C(c4ccc(Cl)cc4)N(C)C)CC3)n2)cc1. The second kappa shape index (κ2) is 11.0. The van der Waals surface area contributed by atoms with Crippen LogP contribution in [0.2, 0.25) is 5.02 Å². The fourth-order valence-corrected chi connectivity index (χ4v) is 4.98. The lowest BCUT2D eigenvalue weighted by Crippen LogP contribution is -2.30. The summed E-state index contributed by atoms with van der Waals surface area (Å²) in [4.78, 5) is 6.87. The van der Waals surface area contributed by atoms with Crippen LogP contribution in [-0.4, -0.2) is 36.2 Å². The Morgan fingerprint density at radius 2 is 1.76 bits per heavy atom. The molecular formula is C27H32ClN3O2. The highest BCUT2D eigenvalue weighted by atomic mass is 35.5. The maximum atomic E-state index is 6.10. The van der Waals surface area contributed by atoms with Crippen molar-refractivity contribution in [2.45, 2.75) is 38.1 Å². The Kier molecular flexibility index (Phi) is 7.84. The Morgan fingerprint density at radius 1 is 1.06 bits per heavy atom. The second-order valence-electron chi connectivity index (χ2n) is 9.07. The molecule has 174 valence electrons. The minimum atomic E-state index is 0.420. The molecular weight excluding hydrogens is 434 g/mol. The molecule has 1 saturated carbocycles. The Labute approximate surface area is 201 Å². The molecule has 3 aromatic rings. The van der Waals surface area contributed by atoms with Crippen molar-refractivity contribution in [3.63, 3.8) is 0 Å². The van der Waals surface area contributed by atoms with Gasteiger partial charge in [-0.1, -0.05) is 47.1 Å². The van der Waals surface area contributed by atoms with Crippen LogP contribution < -0.4 is 4.74 Å². The number of ether oxygens (including phenoxy) is 1. The fourth-order valence-electron chi connectivity index (χ4n) is 4.86. The highest BCUT2D eigenvalue weighted by Gasteiger charge is 2.29. The zero-order chi connectivity index (χ0) is 23.2. The van der Waals surface area contributed by atoms with E-state index in [-0.39, 0.29) is 0 Å². The van der Waals surface area contributed by atoms with Gasteiger partial charge in [0.15, 0.2) is 5.82 Å². The summed E-state index contributed by atoms with van der Waals surface area (Å²) in [6.07, 6.45) is 9.62. The quantitative estimate of drug-likeness (QED) is 0.383. The van der Waals surface area contributed by atoms with Gasteiger partial charge in [0, 0.05) is 17.5 Å². The first kappa shape index (κ1) is 23.5. The average molecular weight is 466 g/mol. The van der Waals surface area contributed by atoms with Gasteiger partial charge in [-0.2, -0.15) is 4.98 Å². The van der Waals surface area contributed by atoms with Gasteiger partial charge in [-0.3, -0.25) is 0 Å². The van der Waals surface area contributed by atoms with Gasteiger partial charge in [0.1, 0.15) is 5.75 Å². The van der Waals surface area contributed by atoms with Gasteiger partial charge < -0.3 is 14.2 Å². The van der Waals surface area contributed by atoms with Crippen molar-refractivity contribution in [3.8, 4) is 5.75 Å². The number of hydrogen-bond acceptors (Lipinski definition) is 5. The minimum absolute atomic E-state index is 0.420. The average Bonchev–Trinajstić information content (AvgIpc) is 3.27. The van der Waals surface area contributed by atoms with Crippen LogP contribution in [0.1, 0.15) is 54.6 Å². The Bertz CT molecular complexity index is 1040. The molecule has 4 rings (SSSR count).